The van der Waals surface area contributed by atoms with Crippen LogP contribution in [0.15, 0.2) is 48.5 Å². The number of hydrogen-bond acceptors (Lipinski definition) is 4. The summed E-state index contributed by atoms with van der Waals surface area (Å²) in [6.07, 6.45) is 0. The Kier molecular flexibility index (Phi) is 6.18. The van der Waals surface area contributed by atoms with E-state index in [1.165, 1.54) is 12.7 Å². The molecule has 2 rings (SSSR count). The fourth-order valence-electron chi connectivity index (χ4n) is 2.26. The smallest absolute Gasteiger partial charge is 0.337 e. The van der Waals surface area contributed by atoms with Gasteiger partial charge in [0.05, 0.1) is 12.7 Å². The summed E-state index contributed by atoms with van der Waals surface area (Å²) >= 11 is 0. The van der Waals surface area contributed by atoms with Gasteiger partial charge in [0.15, 0.2) is 0 Å². The predicted molar refractivity (Wildman–Crippen MR) is 90.8 cm³/mol. The molecule has 0 fully saturated rings. The van der Waals surface area contributed by atoms with Crippen molar-refractivity contribution in [2.24, 2.45) is 0 Å². The van der Waals surface area contributed by atoms with Crippen LogP contribution in [0.2, 0.25) is 0 Å². The van der Waals surface area contributed by atoms with Gasteiger partial charge in [-0.15, -0.1) is 0 Å². The fraction of sp³-hybridized carbons (Fsp3) is 0.316. The highest BCUT2D eigenvalue weighted by Crippen LogP contribution is 2.12. The van der Waals surface area contributed by atoms with Crippen molar-refractivity contribution in [3.8, 4) is 5.75 Å². The summed E-state index contributed by atoms with van der Waals surface area (Å²) < 4.78 is 10.5. The zero-order chi connectivity index (χ0) is 16.7. The van der Waals surface area contributed by atoms with E-state index in [1.807, 2.05) is 49.5 Å². The second-order valence-corrected chi connectivity index (χ2v) is 5.59. The lowest BCUT2D eigenvalue weighted by molar-refractivity contribution is 0.0600. The number of carbonyl (C=O) groups excluding carboxylic acids is 1. The van der Waals surface area contributed by atoms with Gasteiger partial charge in [0, 0.05) is 13.1 Å². The van der Waals surface area contributed by atoms with Crippen molar-refractivity contribution in [2.45, 2.75) is 13.5 Å². The SMILES string of the molecule is COC(=O)c1cccc(CN(C)CCOc2ccc(C)cc2)c1. The maximum absolute atomic E-state index is 11.5. The number of aryl methyl sites for hydroxylation is 1. The molecule has 0 unspecified atom stereocenters. The lowest BCUT2D eigenvalue weighted by atomic mass is 10.1. The number of likely N-dealkylation sites (N-methyl/N-ethyl adjacent to an activating group) is 1. The largest absolute Gasteiger partial charge is 0.492 e. The summed E-state index contributed by atoms with van der Waals surface area (Å²) in [5.74, 6) is 0.578. The van der Waals surface area contributed by atoms with Gasteiger partial charge in [-0.3, -0.25) is 4.90 Å². The summed E-state index contributed by atoms with van der Waals surface area (Å²) in [5.41, 5.74) is 2.87. The molecule has 0 aromatic heterocycles. The number of esters is 1. The molecule has 4 nitrogen and oxygen atoms in total. The third kappa shape index (κ3) is 5.42. The Bertz CT molecular complexity index is 637. The van der Waals surface area contributed by atoms with Crippen LogP contribution in [0.3, 0.4) is 0 Å². The van der Waals surface area contributed by atoms with Crippen LogP contribution in [0, 0.1) is 6.92 Å². The Morgan fingerprint density at radius 1 is 1.13 bits per heavy atom. The fourth-order valence-corrected chi connectivity index (χ4v) is 2.26. The molecule has 0 saturated heterocycles. The Labute approximate surface area is 137 Å². The van der Waals surface area contributed by atoms with Crippen LogP contribution in [0.4, 0.5) is 0 Å². The Balaban J connectivity index is 1.81. The lowest BCUT2D eigenvalue weighted by Gasteiger charge is -2.17. The molecule has 0 saturated carbocycles. The minimum absolute atomic E-state index is 0.308. The molecule has 122 valence electrons. The van der Waals surface area contributed by atoms with Gasteiger partial charge in [0.25, 0.3) is 0 Å². The first-order chi connectivity index (χ1) is 11.1. The molecule has 2 aromatic rings. The van der Waals surface area contributed by atoms with Crippen LogP contribution in [-0.4, -0.2) is 38.2 Å². The topological polar surface area (TPSA) is 38.8 Å². The number of benzene rings is 2. The molecule has 4 heteroatoms. The molecule has 23 heavy (non-hydrogen) atoms. The van der Waals surface area contributed by atoms with Gasteiger partial charge in [0.2, 0.25) is 0 Å². The average Bonchev–Trinajstić information content (AvgIpc) is 2.56. The molecular formula is C19H23NO3. The number of rotatable bonds is 7. The quantitative estimate of drug-likeness (QED) is 0.735. The lowest BCUT2D eigenvalue weighted by Crippen LogP contribution is -2.24. The summed E-state index contributed by atoms with van der Waals surface area (Å²) in [6, 6.07) is 15.5. The van der Waals surface area contributed by atoms with Gasteiger partial charge in [-0.2, -0.15) is 0 Å². The van der Waals surface area contributed by atoms with E-state index in [4.69, 9.17) is 9.47 Å². The second-order valence-electron chi connectivity index (χ2n) is 5.59. The molecule has 0 aliphatic rings. The van der Waals surface area contributed by atoms with E-state index in [1.54, 1.807) is 6.07 Å². The molecule has 0 aliphatic carbocycles. The van der Waals surface area contributed by atoms with Gasteiger partial charge in [-0.25, -0.2) is 4.79 Å². The van der Waals surface area contributed by atoms with Crippen molar-refractivity contribution in [3.63, 3.8) is 0 Å². The van der Waals surface area contributed by atoms with Gasteiger partial charge >= 0.3 is 5.97 Å². The van der Waals surface area contributed by atoms with Crippen LogP contribution in [0.1, 0.15) is 21.5 Å². The van der Waals surface area contributed by atoms with E-state index in [-0.39, 0.29) is 5.97 Å². The maximum Gasteiger partial charge on any atom is 0.337 e. The Morgan fingerprint density at radius 3 is 2.57 bits per heavy atom. The Morgan fingerprint density at radius 2 is 1.87 bits per heavy atom. The van der Waals surface area contributed by atoms with E-state index in [0.29, 0.717) is 12.2 Å². The van der Waals surface area contributed by atoms with Crippen LogP contribution in [-0.2, 0) is 11.3 Å². The van der Waals surface area contributed by atoms with Gasteiger partial charge in [-0.1, -0.05) is 29.8 Å². The minimum Gasteiger partial charge on any atom is -0.492 e. The van der Waals surface area contributed by atoms with Gasteiger partial charge in [0.1, 0.15) is 12.4 Å². The molecule has 0 amide bonds. The first-order valence-corrected chi connectivity index (χ1v) is 7.64. The van der Waals surface area contributed by atoms with Crippen LogP contribution >= 0.6 is 0 Å². The number of carbonyl (C=O) groups is 1. The van der Waals surface area contributed by atoms with E-state index < -0.39 is 0 Å². The van der Waals surface area contributed by atoms with Crippen LogP contribution < -0.4 is 4.74 Å². The Hall–Kier alpha value is -2.33. The van der Waals surface area contributed by atoms with Crippen LogP contribution in [0.5, 0.6) is 5.75 Å². The highest BCUT2D eigenvalue weighted by atomic mass is 16.5. The van der Waals surface area contributed by atoms with E-state index in [0.717, 1.165) is 24.4 Å². The maximum atomic E-state index is 11.5. The van der Waals surface area contributed by atoms with Gasteiger partial charge < -0.3 is 9.47 Å². The molecule has 2 aromatic carbocycles. The zero-order valence-electron chi connectivity index (χ0n) is 13.9. The molecule has 0 aliphatic heterocycles. The normalized spacial score (nSPS) is 10.6. The third-order valence-corrected chi connectivity index (χ3v) is 3.56. The van der Waals surface area contributed by atoms with Crippen molar-refractivity contribution in [2.75, 3.05) is 27.3 Å². The molecule has 0 N–H and O–H groups in total. The molecule has 0 radical (unpaired) electrons. The number of ether oxygens (including phenoxy) is 2. The summed E-state index contributed by atoms with van der Waals surface area (Å²) in [4.78, 5) is 13.7. The molecule has 0 bridgehead atoms. The van der Waals surface area contributed by atoms with E-state index in [9.17, 15) is 4.79 Å². The third-order valence-electron chi connectivity index (χ3n) is 3.56. The second kappa shape index (κ2) is 8.34. The first-order valence-electron chi connectivity index (χ1n) is 7.64. The van der Waals surface area contributed by atoms with E-state index in [2.05, 4.69) is 11.8 Å². The van der Waals surface area contributed by atoms with Gasteiger partial charge in [-0.05, 0) is 43.8 Å². The van der Waals surface area contributed by atoms with Crippen molar-refractivity contribution in [3.05, 3.63) is 65.2 Å². The monoisotopic (exact) mass is 313 g/mol. The highest BCUT2D eigenvalue weighted by Gasteiger charge is 2.07. The molecule has 0 heterocycles. The average molecular weight is 313 g/mol. The van der Waals surface area contributed by atoms with Crippen molar-refractivity contribution < 1.29 is 14.3 Å². The number of methoxy groups -OCH3 is 1. The standard InChI is InChI=1S/C19H23NO3/c1-15-7-9-18(10-8-15)23-12-11-20(2)14-16-5-4-6-17(13-16)19(21)22-3/h4-10,13H,11-12,14H2,1-3H3. The summed E-state index contributed by atoms with van der Waals surface area (Å²) in [7, 11) is 3.42. The highest BCUT2D eigenvalue weighted by molar-refractivity contribution is 5.89. The minimum atomic E-state index is -0.308. The zero-order valence-corrected chi connectivity index (χ0v) is 13.9. The number of nitrogens with zero attached hydrogens (tertiary/aromatic N) is 1. The first kappa shape index (κ1) is 17.0. The summed E-state index contributed by atoms with van der Waals surface area (Å²) in [5, 5.41) is 0. The van der Waals surface area contributed by atoms with Crippen molar-refractivity contribution in [1.29, 1.82) is 0 Å². The molecule has 0 atom stereocenters. The predicted octanol–water partition coefficient (Wildman–Crippen LogP) is 3.29. The van der Waals surface area contributed by atoms with Crippen molar-refractivity contribution >= 4 is 5.97 Å². The summed E-state index contributed by atoms with van der Waals surface area (Å²) in [6.45, 7) is 4.23. The molecule has 0 spiro atoms. The van der Waals surface area contributed by atoms with Crippen LogP contribution in [0.25, 0.3) is 0 Å². The van der Waals surface area contributed by atoms with E-state index >= 15 is 0 Å². The molecular weight excluding hydrogens is 290 g/mol. The van der Waals surface area contributed by atoms with Crippen molar-refractivity contribution in [1.82, 2.24) is 4.90 Å². The number of hydrogen-bond donors (Lipinski definition) is 0.